The van der Waals surface area contributed by atoms with Gasteiger partial charge in [0.25, 0.3) is 0 Å². The van der Waals surface area contributed by atoms with Gasteiger partial charge >= 0.3 is 0 Å². The van der Waals surface area contributed by atoms with Crippen molar-refractivity contribution >= 4 is 22.6 Å². The molecule has 0 fully saturated rings. The molecule has 2 N–H and O–H groups in total. The van der Waals surface area contributed by atoms with Crippen LogP contribution in [0.15, 0.2) is 55.1 Å². The number of ketones is 1. The summed E-state index contributed by atoms with van der Waals surface area (Å²) in [4.78, 5) is 24.0. The molecule has 0 saturated carbocycles. The Hall–Kier alpha value is -2.95. The first-order valence-corrected chi connectivity index (χ1v) is 6.51. The van der Waals surface area contributed by atoms with E-state index in [1.54, 1.807) is 18.3 Å². The topological polar surface area (TPSA) is 70.7 Å². The van der Waals surface area contributed by atoms with E-state index in [2.05, 4.69) is 26.8 Å². The Morgan fingerprint density at radius 2 is 2.00 bits per heavy atom. The number of anilines is 1. The van der Waals surface area contributed by atoms with Crippen molar-refractivity contribution in [1.82, 2.24) is 15.0 Å². The fraction of sp³-hybridized carbons (Fsp3) is 0.0625. The number of carbonyl (C=O) groups is 1. The first kappa shape index (κ1) is 13.1. The molecule has 3 aromatic rings. The van der Waals surface area contributed by atoms with Crippen LogP contribution in [0.3, 0.4) is 0 Å². The number of H-pyrrole nitrogens is 1. The fourth-order valence-corrected chi connectivity index (χ4v) is 2.18. The standard InChI is InChI=1S/C16H14N4O/c1-10(2)20-16-13-12(8-17-15(13)18-9-19-16)14(21)11-6-4-3-5-7-11/h3-9H,1H2,2H3,(H2,17,18,19,20). The van der Waals surface area contributed by atoms with Gasteiger partial charge < -0.3 is 10.3 Å². The lowest BCUT2D eigenvalue weighted by Crippen LogP contribution is -2.03. The molecule has 0 aliphatic rings. The van der Waals surface area contributed by atoms with E-state index < -0.39 is 0 Å². The molecular weight excluding hydrogens is 264 g/mol. The summed E-state index contributed by atoms with van der Waals surface area (Å²) in [5.74, 6) is 0.509. The molecule has 0 bridgehead atoms. The zero-order valence-corrected chi connectivity index (χ0v) is 11.6. The van der Waals surface area contributed by atoms with Crippen LogP contribution in [0, 0.1) is 0 Å². The molecule has 0 atom stereocenters. The average molecular weight is 278 g/mol. The third kappa shape index (κ3) is 2.41. The molecule has 0 unspecified atom stereocenters. The molecule has 21 heavy (non-hydrogen) atoms. The van der Waals surface area contributed by atoms with Crippen LogP contribution in [-0.4, -0.2) is 20.7 Å². The summed E-state index contributed by atoms with van der Waals surface area (Å²) in [5.41, 5.74) is 2.53. The number of benzene rings is 1. The van der Waals surface area contributed by atoms with Crippen LogP contribution in [0.25, 0.3) is 11.0 Å². The van der Waals surface area contributed by atoms with E-state index in [1.165, 1.54) is 6.33 Å². The van der Waals surface area contributed by atoms with Crippen molar-refractivity contribution in [1.29, 1.82) is 0 Å². The van der Waals surface area contributed by atoms with Gasteiger partial charge in [0.2, 0.25) is 0 Å². The molecule has 2 aromatic heterocycles. The van der Waals surface area contributed by atoms with E-state index in [1.807, 2.05) is 25.1 Å². The van der Waals surface area contributed by atoms with Crippen molar-refractivity contribution in [2.24, 2.45) is 0 Å². The molecule has 0 spiro atoms. The predicted octanol–water partition coefficient (Wildman–Crippen LogP) is 3.13. The van der Waals surface area contributed by atoms with Crippen LogP contribution in [0.2, 0.25) is 0 Å². The minimum absolute atomic E-state index is 0.0681. The van der Waals surface area contributed by atoms with Gasteiger partial charge in [-0.05, 0) is 6.92 Å². The molecular formula is C16H14N4O. The fourth-order valence-electron chi connectivity index (χ4n) is 2.18. The maximum absolute atomic E-state index is 12.6. The largest absolute Gasteiger partial charge is 0.345 e. The van der Waals surface area contributed by atoms with Crippen LogP contribution in [0.4, 0.5) is 5.82 Å². The van der Waals surface area contributed by atoms with Crippen molar-refractivity contribution < 1.29 is 4.79 Å². The second-order valence-corrected chi connectivity index (χ2v) is 4.75. The summed E-state index contributed by atoms with van der Waals surface area (Å²) in [6.45, 7) is 5.64. The zero-order valence-electron chi connectivity index (χ0n) is 11.6. The highest BCUT2D eigenvalue weighted by molar-refractivity contribution is 6.18. The lowest BCUT2D eigenvalue weighted by Gasteiger charge is -2.06. The molecule has 0 amide bonds. The SMILES string of the molecule is C=C(C)Nc1ncnc2[nH]cc(C(=O)c3ccccc3)c12. The second kappa shape index (κ2) is 5.20. The summed E-state index contributed by atoms with van der Waals surface area (Å²) in [7, 11) is 0. The smallest absolute Gasteiger partial charge is 0.195 e. The third-order valence-corrected chi connectivity index (χ3v) is 3.08. The van der Waals surface area contributed by atoms with Crippen LogP contribution in [0.1, 0.15) is 22.8 Å². The second-order valence-electron chi connectivity index (χ2n) is 4.75. The van der Waals surface area contributed by atoms with Crippen molar-refractivity contribution in [3.8, 4) is 0 Å². The minimum atomic E-state index is -0.0681. The van der Waals surface area contributed by atoms with Crippen molar-refractivity contribution in [3.05, 3.63) is 66.3 Å². The number of aromatic amines is 1. The van der Waals surface area contributed by atoms with Crippen molar-refractivity contribution in [2.75, 3.05) is 5.32 Å². The summed E-state index contributed by atoms with van der Waals surface area (Å²) < 4.78 is 0. The van der Waals surface area contributed by atoms with Gasteiger partial charge in [-0.2, -0.15) is 0 Å². The van der Waals surface area contributed by atoms with Gasteiger partial charge in [0, 0.05) is 17.5 Å². The number of rotatable bonds is 4. The Bertz CT molecular complexity index is 821. The Labute approximate surface area is 121 Å². The van der Waals surface area contributed by atoms with E-state index >= 15 is 0 Å². The quantitative estimate of drug-likeness (QED) is 0.719. The van der Waals surface area contributed by atoms with Crippen molar-refractivity contribution in [3.63, 3.8) is 0 Å². The number of aromatic nitrogens is 3. The summed E-state index contributed by atoms with van der Waals surface area (Å²) >= 11 is 0. The molecule has 104 valence electrons. The summed E-state index contributed by atoms with van der Waals surface area (Å²) in [6.07, 6.45) is 3.11. The molecule has 0 radical (unpaired) electrons. The predicted molar refractivity (Wildman–Crippen MR) is 82.2 cm³/mol. The number of carbonyl (C=O) groups excluding carboxylic acids is 1. The van der Waals surface area contributed by atoms with Crippen LogP contribution in [0.5, 0.6) is 0 Å². The van der Waals surface area contributed by atoms with Gasteiger partial charge in [-0.25, -0.2) is 9.97 Å². The Kier molecular flexibility index (Phi) is 3.23. The zero-order chi connectivity index (χ0) is 14.8. The van der Waals surface area contributed by atoms with E-state index in [4.69, 9.17) is 0 Å². The van der Waals surface area contributed by atoms with Crippen LogP contribution >= 0.6 is 0 Å². The minimum Gasteiger partial charge on any atom is -0.345 e. The van der Waals surface area contributed by atoms with Gasteiger partial charge in [0.1, 0.15) is 17.8 Å². The monoisotopic (exact) mass is 278 g/mol. The molecule has 2 heterocycles. The highest BCUT2D eigenvalue weighted by atomic mass is 16.1. The molecule has 5 nitrogen and oxygen atoms in total. The van der Waals surface area contributed by atoms with Gasteiger partial charge in [-0.1, -0.05) is 36.9 Å². The van der Waals surface area contributed by atoms with E-state index in [-0.39, 0.29) is 5.78 Å². The van der Waals surface area contributed by atoms with Crippen LogP contribution < -0.4 is 5.32 Å². The summed E-state index contributed by atoms with van der Waals surface area (Å²) in [6, 6.07) is 9.13. The van der Waals surface area contributed by atoms with Gasteiger partial charge in [-0.15, -0.1) is 0 Å². The van der Waals surface area contributed by atoms with E-state index in [0.717, 1.165) is 5.70 Å². The molecule has 0 aliphatic heterocycles. The lowest BCUT2D eigenvalue weighted by atomic mass is 10.0. The van der Waals surface area contributed by atoms with E-state index in [0.29, 0.717) is 28.0 Å². The van der Waals surface area contributed by atoms with Crippen LogP contribution in [-0.2, 0) is 0 Å². The van der Waals surface area contributed by atoms with E-state index in [9.17, 15) is 4.79 Å². The van der Waals surface area contributed by atoms with Gasteiger partial charge in [-0.3, -0.25) is 4.79 Å². The Morgan fingerprint density at radius 3 is 2.71 bits per heavy atom. The molecule has 0 aliphatic carbocycles. The normalized spacial score (nSPS) is 10.5. The summed E-state index contributed by atoms with van der Waals surface area (Å²) in [5, 5.41) is 3.74. The number of hydrogen-bond acceptors (Lipinski definition) is 4. The first-order chi connectivity index (χ1) is 10.2. The molecule has 1 aromatic carbocycles. The third-order valence-electron chi connectivity index (χ3n) is 3.08. The first-order valence-electron chi connectivity index (χ1n) is 6.51. The van der Waals surface area contributed by atoms with Gasteiger partial charge in [0.15, 0.2) is 5.78 Å². The highest BCUT2D eigenvalue weighted by Crippen LogP contribution is 2.26. The maximum Gasteiger partial charge on any atom is 0.195 e. The highest BCUT2D eigenvalue weighted by Gasteiger charge is 2.18. The molecule has 5 heteroatoms. The molecule has 3 rings (SSSR count). The Morgan fingerprint density at radius 1 is 1.24 bits per heavy atom. The number of allylic oxidation sites excluding steroid dienone is 1. The Balaban J connectivity index is 2.15. The number of nitrogens with one attached hydrogen (secondary N) is 2. The van der Waals surface area contributed by atoms with Gasteiger partial charge in [0.05, 0.1) is 10.9 Å². The number of hydrogen-bond donors (Lipinski definition) is 2. The lowest BCUT2D eigenvalue weighted by molar-refractivity contribution is 0.104. The molecule has 0 saturated heterocycles. The maximum atomic E-state index is 12.6. The number of nitrogens with zero attached hydrogens (tertiary/aromatic N) is 2. The number of fused-ring (bicyclic) bond motifs is 1. The van der Waals surface area contributed by atoms with Crippen molar-refractivity contribution in [2.45, 2.75) is 6.92 Å². The average Bonchev–Trinajstić information content (AvgIpc) is 2.92.